The zero-order valence-corrected chi connectivity index (χ0v) is 13.5. The lowest BCUT2D eigenvalue weighted by molar-refractivity contribution is -0.138. The summed E-state index contributed by atoms with van der Waals surface area (Å²) in [6.45, 7) is -2.04. The molecule has 0 saturated heterocycles. The maximum Gasteiger partial charge on any atom is 0.405 e. The van der Waals surface area contributed by atoms with Gasteiger partial charge in [-0.05, 0) is 22.9 Å². The summed E-state index contributed by atoms with van der Waals surface area (Å²) in [5, 5.41) is 7.83. The predicted octanol–water partition coefficient (Wildman–Crippen LogP) is 2.74. The maximum atomic E-state index is 12.1. The minimum atomic E-state index is -4.51. The fourth-order valence-corrected chi connectivity index (χ4v) is 2.46. The number of fused-ring (bicyclic) bond motifs is 1. The lowest BCUT2D eigenvalue weighted by atomic mass is 10.1. The molecule has 3 aromatic rings. The van der Waals surface area contributed by atoms with E-state index in [2.05, 4.69) is 5.10 Å². The van der Waals surface area contributed by atoms with E-state index in [1.54, 1.807) is 5.32 Å². The fraction of sp³-hybridized carbons (Fsp3) is 0.167. The molecule has 26 heavy (non-hydrogen) atoms. The van der Waals surface area contributed by atoms with Crippen molar-refractivity contribution in [3.05, 3.63) is 65.0 Å². The van der Waals surface area contributed by atoms with Crippen LogP contribution in [-0.4, -0.2) is 28.4 Å². The van der Waals surface area contributed by atoms with Gasteiger partial charge in [0.1, 0.15) is 13.1 Å². The number of halogens is 3. The molecule has 134 valence electrons. The highest BCUT2D eigenvalue weighted by Crippen LogP contribution is 2.22. The second kappa shape index (κ2) is 6.99. The van der Waals surface area contributed by atoms with E-state index in [-0.39, 0.29) is 0 Å². The molecule has 5 nitrogen and oxygen atoms in total. The molecule has 0 bridgehead atoms. The Balaban J connectivity index is 1.84. The van der Waals surface area contributed by atoms with Crippen LogP contribution in [0.5, 0.6) is 0 Å². The van der Waals surface area contributed by atoms with Gasteiger partial charge in [-0.1, -0.05) is 36.4 Å². The Kier molecular flexibility index (Phi) is 4.75. The Morgan fingerprint density at radius 1 is 1.04 bits per heavy atom. The lowest BCUT2D eigenvalue weighted by Gasteiger charge is -2.10. The highest BCUT2D eigenvalue weighted by Gasteiger charge is 2.27. The van der Waals surface area contributed by atoms with E-state index in [4.69, 9.17) is 0 Å². The van der Waals surface area contributed by atoms with Crippen LogP contribution in [0.3, 0.4) is 0 Å². The first-order valence-electron chi connectivity index (χ1n) is 7.73. The van der Waals surface area contributed by atoms with Gasteiger partial charge in [0.2, 0.25) is 5.91 Å². The molecule has 0 fully saturated rings. The smallest absolute Gasteiger partial charge is 0.345 e. The molecule has 0 saturated carbocycles. The van der Waals surface area contributed by atoms with Gasteiger partial charge in [0, 0.05) is 11.6 Å². The topological polar surface area (TPSA) is 64.0 Å². The number of hydrogen-bond acceptors (Lipinski definition) is 3. The van der Waals surface area contributed by atoms with Crippen LogP contribution in [0.25, 0.3) is 22.0 Å². The van der Waals surface area contributed by atoms with Crippen LogP contribution in [-0.2, 0) is 11.3 Å². The zero-order valence-electron chi connectivity index (χ0n) is 13.5. The van der Waals surface area contributed by atoms with Gasteiger partial charge in [0.15, 0.2) is 0 Å². The standard InChI is InChI=1S/C18H14F3N3O2/c19-18(20,21)11-22-16(25)10-24-17(26)8-7-15(23-24)14-6-5-12-3-1-2-4-13(12)9-14/h1-9H,10-11H2,(H,22,25). The Morgan fingerprint density at radius 2 is 1.77 bits per heavy atom. The summed E-state index contributed by atoms with van der Waals surface area (Å²) >= 11 is 0. The summed E-state index contributed by atoms with van der Waals surface area (Å²) in [4.78, 5) is 23.5. The van der Waals surface area contributed by atoms with E-state index < -0.39 is 30.7 Å². The average Bonchev–Trinajstić information content (AvgIpc) is 2.61. The van der Waals surface area contributed by atoms with Crippen LogP contribution in [0.2, 0.25) is 0 Å². The van der Waals surface area contributed by atoms with Crippen molar-refractivity contribution in [3.63, 3.8) is 0 Å². The van der Waals surface area contributed by atoms with Crippen molar-refractivity contribution in [2.75, 3.05) is 6.54 Å². The molecule has 1 amide bonds. The van der Waals surface area contributed by atoms with E-state index in [0.717, 1.165) is 21.0 Å². The number of carbonyl (C=O) groups is 1. The molecule has 1 N–H and O–H groups in total. The number of alkyl halides is 3. The van der Waals surface area contributed by atoms with Crippen LogP contribution in [0.15, 0.2) is 59.4 Å². The SMILES string of the molecule is O=C(Cn1nc(-c2ccc3ccccc3c2)ccc1=O)NCC(F)(F)F. The molecule has 1 heterocycles. The van der Waals surface area contributed by atoms with Crippen molar-refractivity contribution < 1.29 is 18.0 Å². The van der Waals surface area contributed by atoms with Crippen molar-refractivity contribution >= 4 is 16.7 Å². The summed E-state index contributed by atoms with van der Waals surface area (Å²) < 4.78 is 37.3. The van der Waals surface area contributed by atoms with Crippen LogP contribution >= 0.6 is 0 Å². The highest BCUT2D eigenvalue weighted by atomic mass is 19.4. The van der Waals surface area contributed by atoms with Gasteiger partial charge in [0.25, 0.3) is 5.56 Å². The minimum absolute atomic E-state index is 0.443. The molecule has 2 aromatic carbocycles. The Morgan fingerprint density at radius 3 is 2.50 bits per heavy atom. The fourth-order valence-electron chi connectivity index (χ4n) is 2.46. The van der Waals surface area contributed by atoms with Gasteiger partial charge in [0.05, 0.1) is 5.69 Å². The molecule has 0 radical (unpaired) electrons. The van der Waals surface area contributed by atoms with E-state index in [0.29, 0.717) is 5.69 Å². The Bertz CT molecular complexity index is 1010. The number of nitrogens with zero attached hydrogens (tertiary/aromatic N) is 2. The summed E-state index contributed by atoms with van der Waals surface area (Å²) in [5.41, 5.74) is 0.601. The second-order valence-corrected chi connectivity index (χ2v) is 5.67. The molecule has 0 atom stereocenters. The van der Waals surface area contributed by atoms with E-state index in [1.165, 1.54) is 12.1 Å². The molecule has 1 aromatic heterocycles. The first-order chi connectivity index (χ1) is 12.3. The summed E-state index contributed by atoms with van der Waals surface area (Å²) in [5.74, 6) is -0.937. The van der Waals surface area contributed by atoms with Gasteiger partial charge in [-0.15, -0.1) is 0 Å². The van der Waals surface area contributed by atoms with Crippen LogP contribution < -0.4 is 10.9 Å². The predicted molar refractivity (Wildman–Crippen MR) is 90.5 cm³/mol. The maximum absolute atomic E-state index is 12.1. The molecule has 0 spiro atoms. The number of amides is 1. The number of rotatable bonds is 4. The third-order valence-corrected chi connectivity index (χ3v) is 3.69. The van der Waals surface area contributed by atoms with Crippen molar-refractivity contribution in [2.45, 2.75) is 12.7 Å². The monoisotopic (exact) mass is 361 g/mol. The molecule has 0 unspecified atom stereocenters. The molecule has 8 heteroatoms. The van der Waals surface area contributed by atoms with E-state index in [9.17, 15) is 22.8 Å². The molecular formula is C18H14F3N3O2. The van der Waals surface area contributed by atoms with Crippen molar-refractivity contribution in [1.82, 2.24) is 15.1 Å². The van der Waals surface area contributed by atoms with Gasteiger partial charge in [-0.2, -0.15) is 18.3 Å². The highest BCUT2D eigenvalue weighted by molar-refractivity contribution is 5.86. The summed E-state index contributed by atoms with van der Waals surface area (Å²) in [6.07, 6.45) is -4.51. The molecule has 0 aliphatic heterocycles. The zero-order chi connectivity index (χ0) is 18.7. The first-order valence-corrected chi connectivity index (χ1v) is 7.73. The normalized spacial score (nSPS) is 11.5. The number of aromatic nitrogens is 2. The molecule has 3 rings (SSSR count). The summed E-state index contributed by atoms with van der Waals surface area (Å²) in [6, 6.07) is 16.0. The van der Waals surface area contributed by atoms with Gasteiger partial charge in [-0.25, -0.2) is 4.68 Å². The third kappa shape index (κ3) is 4.27. The van der Waals surface area contributed by atoms with E-state index >= 15 is 0 Å². The number of hydrogen-bond donors (Lipinski definition) is 1. The van der Waals surface area contributed by atoms with Gasteiger partial charge >= 0.3 is 6.18 Å². The van der Waals surface area contributed by atoms with Crippen LogP contribution in [0, 0.1) is 0 Å². The molecule has 0 aliphatic rings. The Hall–Kier alpha value is -3.16. The summed E-state index contributed by atoms with van der Waals surface area (Å²) in [7, 11) is 0. The number of carbonyl (C=O) groups excluding carboxylic acids is 1. The van der Waals surface area contributed by atoms with Gasteiger partial charge < -0.3 is 5.32 Å². The second-order valence-electron chi connectivity index (χ2n) is 5.67. The Labute approximate surface area is 146 Å². The average molecular weight is 361 g/mol. The molecular weight excluding hydrogens is 347 g/mol. The number of benzene rings is 2. The quantitative estimate of drug-likeness (QED) is 0.777. The number of nitrogens with one attached hydrogen (secondary N) is 1. The van der Waals surface area contributed by atoms with Crippen molar-refractivity contribution in [3.8, 4) is 11.3 Å². The molecule has 0 aliphatic carbocycles. The van der Waals surface area contributed by atoms with Crippen LogP contribution in [0.4, 0.5) is 13.2 Å². The van der Waals surface area contributed by atoms with Crippen LogP contribution in [0.1, 0.15) is 0 Å². The van der Waals surface area contributed by atoms with Crippen molar-refractivity contribution in [2.24, 2.45) is 0 Å². The van der Waals surface area contributed by atoms with Gasteiger partial charge in [-0.3, -0.25) is 9.59 Å². The lowest BCUT2D eigenvalue weighted by Crippen LogP contribution is -2.38. The third-order valence-electron chi connectivity index (χ3n) is 3.69. The first kappa shape index (κ1) is 17.7. The van der Waals surface area contributed by atoms with Crippen molar-refractivity contribution in [1.29, 1.82) is 0 Å². The van der Waals surface area contributed by atoms with E-state index in [1.807, 2.05) is 42.5 Å². The minimum Gasteiger partial charge on any atom is -0.345 e. The largest absolute Gasteiger partial charge is 0.405 e.